The van der Waals surface area contributed by atoms with E-state index in [1.165, 1.54) is 40.8 Å². The van der Waals surface area contributed by atoms with Crippen molar-refractivity contribution in [2.45, 2.75) is 25.7 Å². The number of nitrogens with one attached hydrogen (secondary N) is 6. The molecule has 5 aromatic rings. The molecule has 0 fully saturated rings. The number of aromatic nitrogens is 8. The van der Waals surface area contributed by atoms with Gasteiger partial charge in [-0.1, -0.05) is 0 Å². The first kappa shape index (κ1) is 38.7. The van der Waals surface area contributed by atoms with E-state index < -0.39 is 41.4 Å². The van der Waals surface area contributed by atoms with Crippen molar-refractivity contribution in [3.8, 4) is 0 Å². The molecule has 0 bridgehead atoms. The lowest BCUT2D eigenvalue weighted by atomic mass is 10.3. The molecule has 0 aromatic carbocycles. The van der Waals surface area contributed by atoms with Gasteiger partial charge in [-0.05, 0) is 0 Å². The predicted octanol–water partition coefficient (Wildman–Crippen LogP) is 1.48. The van der Waals surface area contributed by atoms with Gasteiger partial charge in [0.15, 0.2) is 17.5 Å². The molecule has 0 aliphatic carbocycles. The van der Waals surface area contributed by atoms with Crippen LogP contribution in [-0.2, 0) is 54.4 Å². The minimum absolute atomic E-state index is 0.0358. The summed E-state index contributed by atoms with van der Waals surface area (Å²) in [6.07, 6.45) is 8.36. The largest absolute Gasteiger partial charge is 0.475 e. The molecule has 0 saturated carbocycles. The smallest absolute Gasteiger partial charge is 0.372 e. The first-order valence-electron chi connectivity index (χ1n) is 16.5. The molecule has 0 aliphatic rings. The summed E-state index contributed by atoms with van der Waals surface area (Å²) in [6, 6.07) is 3.07. The molecule has 22 heteroatoms. The Morgan fingerprint density at radius 3 is 1.36 bits per heavy atom. The van der Waals surface area contributed by atoms with Crippen molar-refractivity contribution in [3.05, 3.63) is 66.8 Å². The maximum absolute atomic E-state index is 13.0. The van der Waals surface area contributed by atoms with Gasteiger partial charge < -0.3 is 59.8 Å². The van der Waals surface area contributed by atoms with E-state index in [0.717, 1.165) is 0 Å². The van der Waals surface area contributed by atoms with E-state index in [9.17, 15) is 33.6 Å². The number of nitrogens with zero attached hydrogens (tertiary/aromatic N) is 8. The first-order valence-corrected chi connectivity index (χ1v) is 16.5. The Bertz CT molecular complexity index is 2310. The van der Waals surface area contributed by atoms with Crippen molar-refractivity contribution in [2.24, 2.45) is 35.2 Å². The number of aromatic carboxylic acids is 1. The van der Waals surface area contributed by atoms with E-state index in [2.05, 4.69) is 46.9 Å². The molecule has 0 spiro atoms. The number of anilines is 6. The lowest BCUT2D eigenvalue weighted by molar-refractivity contribution is -0.121. The fourth-order valence-electron chi connectivity index (χ4n) is 5.21. The van der Waals surface area contributed by atoms with E-state index >= 15 is 0 Å². The van der Waals surface area contributed by atoms with Gasteiger partial charge in [0.05, 0.1) is 11.4 Å². The lowest BCUT2D eigenvalue weighted by Crippen LogP contribution is -2.19. The maximum atomic E-state index is 13.0. The summed E-state index contributed by atoms with van der Waals surface area (Å²) < 4.78 is 7.38. The SMILES string of the molecule is Cn1cc(NC(=O)c2nc(NC(=O)CCC(=O)Nc3cc(NC(=O)c4nccn4C)cn3C)cn2C)cc1NC(=O)CCC(=O)Nc1cn(C)c(C(=O)O)n1. The molecule has 55 heavy (non-hydrogen) atoms. The second-order valence-corrected chi connectivity index (χ2v) is 12.3. The Morgan fingerprint density at radius 1 is 0.527 bits per heavy atom. The van der Waals surface area contributed by atoms with Crippen molar-refractivity contribution in [2.75, 3.05) is 31.9 Å². The third-order valence-electron chi connectivity index (χ3n) is 7.93. The van der Waals surface area contributed by atoms with Crippen molar-refractivity contribution >= 4 is 76.1 Å². The number of carboxylic acid groups (broad SMARTS) is 1. The Morgan fingerprint density at radius 2 is 0.945 bits per heavy atom. The molecule has 0 saturated heterocycles. The van der Waals surface area contributed by atoms with Crippen LogP contribution in [0.2, 0.25) is 0 Å². The molecule has 5 rings (SSSR count). The summed E-state index contributed by atoms with van der Waals surface area (Å²) in [5.41, 5.74) is 0.765. The third kappa shape index (κ3) is 9.88. The molecule has 0 radical (unpaired) electrons. The van der Waals surface area contributed by atoms with Crippen molar-refractivity contribution in [1.82, 2.24) is 37.8 Å². The molecular formula is C33H38N14O8. The van der Waals surface area contributed by atoms with E-state index in [1.54, 1.807) is 66.5 Å². The van der Waals surface area contributed by atoms with Crippen LogP contribution in [0.25, 0.3) is 0 Å². The molecule has 0 atom stereocenters. The number of aryl methyl sites for hydroxylation is 5. The predicted molar refractivity (Wildman–Crippen MR) is 196 cm³/mol. The molecule has 22 nitrogen and oxygen atoms in total. The van der Waals surface area contributed by atoms with Gasteiger partial charge in [0.2, 0.25) is 35.3 Å². The van der Waals surface area contributed by atoms with Gasteiger partial charge in [0, 0.05) is 110 Å². The Labute approximate surface area is 311 Å². The zero-order valence-corrected chi connectivity index (χ0v) is 30.3. The summed E-state index contributed by atoms with van der Waals surface area (Å²) in [7, 11) is 8.04. The lowest BCUT2D eigenvalue weighted by Gasteiger charge is -2.06. The fourth-order valence-corrected chi connectivity index (χ4v) is 5.21. The number of carbonyl (C=O) groups excluding carboxylic acids is 6. The Hall–Kier alpha value is -7.52. The van der Waals surface area contributed by atoms with Crippen molar-refractivity contribution < 1.29 is 38.7 Å². The number of carboxylic acids is 1. The number of rotatable bonds is 15. The highest BCUT2D eigenvalue weighted by Gasteiger charge is 2.20. The number of carbonyl (C=O) groups is 7. The molecule has 0 aliphatic heterocycles. The van der Waals surface area contributed by atoms with E-state index in [-0.39, 0.29) is 54.8 Å². The Balaban J connectivity index is 1.06. The van der Waals surface area contributed by atoms with Crippen LogP contribution in [0.3, 0.4) is 0 Å². The number of hydrogen-bond acceptors (Lipinski definition) is 10. The van der Waals surface area contributed by atoms with Crippen molar-refractivity contribution in [1.29, 1.82) is 0 Å². The van der Waals surface area contributed by atoms with Gasteiger partial charge in [-0.2, -0.15) is 0 Å². The van der Waals surface area contributed by atoms with Crippen LogP contribution in [0.1, 0.15) is 57.5 Å². The van der Waals surface area contributed by atoms with E-state index in [1.807, 2.05) is 0 Å². The molecule has 5 heterocycles. The van der Waals surface area contributed by atoms with Gasteiger partial charge >= 0.3 is 5.97 Å². The molecule has 7 N–H and O–H groups in total. The summed E-state index contributed by atoms with van der Waals surface area (Å²) in [6.45, 7) is 0. The number of amides is 6. The highest BCUT2D eigenvalue weighted by molar-refractivity contribution is 6.04. The summed E-state index contributed by atoms with van der Waals surface area (Å²) >= 11 is 0. The second-order valence-electron chi connectivity index (χ2n) is 12.3. The zero-order valence-electron chi connectivity index (χ0n) is 30.3. The first-order chi connectivity index (χ1) is 26.1. The quantitative estimate of drug-likeness (QED) is 0.0803. The van der Waals surface area contributed by atoms with Crippen LogP contribution >= 0.6 is 0 Å². The van der Waals surface area contributed by atoms with Gasteiger partial charge in [0.25, 0.3) is 11.8 Å². The highest BCUT2D eigenvalue weighted by Crippen LogP contribution is 2.21. The maximum Gasteiger partial charge on any atom is 0.372 e. The van der Waals surface area contributed by atoms with Crippen molar-refractivity contribution in [3.63, 3.8) is 0 Å². The summed E-state index contributed by atoms with van der Waals surface area (Å²) in [5.74, 6) is -3.47. The van der Waals surface area contributed by atoms with Crippen LogP contribution in [0.4, 0.5) is 34.6 Å². The topological polar surface area (TPSA) is 275 Å². The average molecular weight is 759 g/mol. The van der Waals surface area contributed by atoms with Crippen LogP contribution in [0, 0.1) is 0 Å². The van der Waals surface area contributed by atoms with Gasteiger partial charge in [-0.3, -0.25) is 28.8 Å². The van der Waals surface area contributed by atoms with Gasteiger partial charge in [-0.25, -0.2) is 19.7 Å². The summed E-state index contributed by atoms with van der Waals surface area (Å²) in [5, 5.41) is 24.9. The van der Waals surface area contributed by atoms with Crippen LogP contribution in [-0.4, -0.2) is 84.3 Å². The fraction of sp³-hybridized carbons (Fsp3) is 0.273. The Kier molecular flexibility index (Phi) is 11.6. The normalized spacial score (nSPS) is 10.8. The van der Waals surface area contributed by atoms with E-state index in [4.69, 9.17) is 5.11 Å². The molecular weight excluding hydrogens is 720 g/mol. The highest BCUT2D eigenvalue weighted by atomic mass is 16.4. The summed E-state index contributed by atoms with van der Waals surface area (Å²) in [4.78, 5) is 98.7. The number of imidazole rings is 3. The zero-order chi connectivity index (χ0) is 40.0. The molecule has 288 valence electrons. The molecule has 5 aromatic heterocycles. The van der Waals surface area contributed by atoms with Crippen LogP contribution in [0.5, 0.6) is 0 Å². The number of hydrogen-bond donors (Lipinski definition) is 7. The minimum Gasteiger partial charge on any atom is -0.475 e. The van der Waals surface area contributed by atoms with Crippen LogP contribution < -0.4 is 31.9 Å². The monoisotopic (exact) mass is 758 g/mol. The average Bonchev–Trinajstić information content (AvgIpc) is 3.93. The molecule has 6 amide bonds. The van der Waals surface area contributed by atoms with E-state index in [0.29, 0.717) is 23.0 Å². The standard InChI is InChI=1S/C33H38N14O8/c1-43-11-10-34-28(43)31(52)35-18-12-22(44(2)14-18)41-26(50)8-6-24(48)37-20-16-46(4)29(39-20)32(53)36-19-13-23(45(3)15-19)42-27(51)9-7-25(49)38-21-17-47(5)30(40-21)33(54)55/h10-17H,6-9H2,1-5H3,(H,35,52)(H,36,53)(H,37,48)(H,38,49)(H,41,50)(H,42,51)(H,54,55). The van der Waals surface area contributed by atoms with Crippen LogP contribution in [0.15, 0.2) is 49.3 Å². The van der Waals surface area contributed by atoms with Gasteiger partial charge in [-0.15, -0.1) is 0 Å². The second kappa shape index (κ2) is 16.4. The minimum atomic E-state index is -1.25. The molecule has 0 unspecified atom stereocenters. The van der Waals surface area contributed by atoms with Gasteiger partial charge in [0.1, 0.15) is 11.6 Å². The third-order valence-corrected chi connectivity index (χ3v) is 7.93.